The standard InChI is InChI=1S/C35H66N2O7/c1-32(2,3)42-29(39)27(26-36)37-28(38)24-22-20-18-16-14-12-11-13-15-17-19-21-23-25-35(10,30(40)43-33(4,5)6)31(41)44-34(7,8)9/h27H,11-26,36H2,1-10H3,(H,37,38). The molecular formula is C35H66N2O7. The van der Waals surface area contributed by atoms with E-state index in [-0.39, 0.29) is 12.5 Å². The minimum absolute atomic E-state index is 0.0197. The lowest BCUT2D eigenvalue weighted by molar-refractivity contribution is -0.184. The normalized spacial score (nSPS) is 13.2. The Bertz CT molecular complexity index is 838. The van der Waals surface area contributed by atoms with E-state index in [1.54, 1.807) is 69.2 Å². The monoisotopic (exact) mass is 626 g/mol. The topological polar surface area (TPSA) is 134 Å². The third kappa shape index (κ3) is 20.7. The van der Waals surface area contributed by atoms with Crippen LogP contribution in [0.1, 0.15) is 166 Å². The van der Waals surface area contributed by atoms with Gasteiger partial charge in [0.2, 0.25) is 5.91 Å². The minimum Gasteiger partial charge on any atom is -0.459 e. The number of ether oxygens (including phenoxy) is 3. The maximum absolute atomic E-state index is 12.9. The van der Waals surface area contributed by atoms with Crippen LogP contribution in [0.5, 0.6) is 0 Å². The Morgan fingerprint density at radius 3 is 1.23 bits per heavy atom. The molecule has 0 radical (unpaired) electrons. The van der Waals surface area contributed by atoms with Gasteiger partial charge in [-0.05, 0) is 82.1 Å². The molecule has 44 heavy (non-hydrogen) atoms. The van der Waals surface area contributed by atoms with Crippen LogP contribution in [0.2, 0.25) is 0 Å². The largest absolute Gasteiger partial charge is 0.459 e. The summed E-state index contributed by atoms with van der Waals surface area (Å²) in [5.74, 6) is -1.68. The summed E-state index contributed by atoms with van der Waals surface area (Å²) >= 11 is 0. The molecule has 1 atom stereocenters. The summed E-state index contributed by atoms with van der Waals surface area (Å²) in [6.07, 6.45) is 14.9. The maximum atomic E-state index is 12.9. The van der Waals surface area contributed by atoms with E-state index in [9.17, 15) is 19.2 Å². The van der Waals surface area contributed by atoms with Crippen molar-refractivity contribution >= 4 is 23.8 Å². The summed E-state index contributed by atoms with van der Waals surface area (Å²) in [5.41, 5.74) is 2.39. The second-order valence-corrected chi connectivity index (χ2v) is 15.3. The van der Waals surface area contributed by atoms with Crippen LogP contribution < -0.4 is 11.1 Å². The van der Waals surface area contributed by atoms with Crippen molar-refractivity contribution in [1.29, 1.82) is 0 Å². The number of carbonyl (C=O) groups excluding carboxylic acids is 4. The lowest BCUT2D eigenvalue weighted by Crippen LogP contribution is -2.48. The van der Waals surface area contributed by atoms with Crippen molar-refractivity contribution in [3.63, 3.8) is 0 Å². The fourth-order valence-electron chi connectivity index (χ4n) is 4.63. The Kier molecular flexibility index (Phi) is 19.1. The van der Waals surface area contributed by atoms with Crippen LogP contribution in [0.15, 0.2) is 0 Å². The number of nitrogens with two attached hydrogens (primary N) is 1. The number of hydrogen-bond acceptors (Lipinski definition) is 8. The van der Waals surface area contributed by atoms with Gasteiger partial charge in [0.15, 0.2) is 5.41 Å². The van der Waals surface area contributed by atoms with Gasteiger partial charge in [-0.15, -0.1) is 0 Å². The Labute approximate surface area is 268 Å². The van der Waals surface area contributed by atoms with Gasteiger partial charge in [-0.25, -0.2) is 4.79 Å². The first-order valence-corrected chi connectivity index (χ1v) is 16.9. The number of unbranched alkanes of at least 4 members (excludes halogenated alkanes) is 12. The third-order valence-corrected chi connectivity index (χ3v) is 7.04. The van der Waals surface area contributed by atoms with E-state index >= 15 is 0 Å². The quantitative estimate of drug-likeness (QED) is 0.0586. The molecule has 0 aliphatic rings. The van der Waals surface area contributed by atoms with Crippen molar-refractivity contribution < 1.29 is 33.4 Å². The molecule has 0 aliphatic carbocycles. The second kappa shape index (κ2) is 20.1. The molecular weight excluding hydrogens is 560 g/mol. The molecule has 258 valence electrons. The van der Waals surface area contributed by atoms with Crippen molar-refractivity contribution in [3.05, 3.63) is 0 Å². The lowest BCUT2D eigenvalue weighted by Gasteiger charge is -2.32. The number of carbonyl (C=O) groups is 4. The molecule has 1 amide bonds. The molecule has 3 N–H and O–H groups in total. The van der Waals surface area contributed by atoms with Gasteiger partial charge in [-0.2, -0.15) is 0 Å². The number of amides is 1. The first-order valence-electron chi connectivity index (χ1n) is 16.9. The Morgan fingerprint density at radius 1 is 0.545 bits per heavy atom. The molecule has 0 rings (SSSR count). The molecule has 0 saturated carbocycles. The summed E-state index contributed by atoms with van der Waals surface area (Å²) in [7, 11) is 0. The Morgan fingerprint density at radius 2 is 0.886 bits per heavy atom. The van der Waals surface area contributed by atoms with Crippen LogP contribution in [0.4, 0.5) is 0 Å². The summed E-state index contributed by atoms with van der Waals surface area (Å²) in [6.45, 7) is 17.9. The fraction of sp³-hybridized carbons (Fsp3) is 0.886. The van der Waals surface area contributed by atoms with E-state index in [4.69, 9.17) is 19.9 Å². The first-order chi connectivity index (χ1) is 20.2. The van der Waals surface area contributed by atoms with Gasteiger partial charge in [0.1, 0.15) is 22.8 Å². The van der Waals surface area contributed by atoms with Gasteiger partial charge in [-0.1, -0.05) is 77.0 Å². The smallest absolute Gasteiger partial charge is 0.330 e. The van der Waals surface area contributed by atoms with Crippen LogP contribution in [0.25, 0.3) is 0 Å². The molecule has 0 fully saturated rings. The fourth-order valence-corrected chi connectivity index (χ4v) is 4.63. The summed E-state index contributed by atoms with van der Waals surface area (Å²) in [5, 5.41) is 2.69. The average Bonchev–Trinajstić information content (AvgIpc) is 2.86. The molecule has 0 heterocycles. The van der Waals surface area contributed by atoms with Crippen molar-refractivity contribution in [2.75, 3.05) is 6.54 Å². The van der Waals surface area contributed by atoms with Crippen molar-refractivity contribution in [2.24, 2.45) is 11.1 Å². The Balaban J connectivity index is 4.04. The number of hydrogen-bond donors (Lipinski definition) is 2. The third-order valence-electron chi connectivity index (χ3n) is 7.04. The molecule has 0 bridgehead atoms. The van der Waals surface area contributed by atoms with Crippen molar-refractivity contribution in [3.8, 4) is 0 Å². The predicted molar refractivity (Wildman–Crippen MR) is 176 cm³/mol. The highest BCUT2D eigenvalue weighted by Crippen LogP contribution is 2.32. The molecule has 0 aromatic carbocycles. The zero-order valence-corrected chi connectivity index (χ0v) is 29.8. The first kappa shape index (κ1) is 41.8. The van der Waals surface area contributed by atoms with E-state index in [0.717, 1.165) is 44.9 Å². The SMILES string of the molecule is CC(C)(C)OC(=O)C(CN)NC(=O)CCCCCCCCCCCCCCCC(C)(C(=O)OC(C)(C)C)C(=O)OC(C)(C)C. The molecule has 0 aliphatic heterocycles. The number of nitrogens with one attached hydrogen (secondary N) is 1. The average molecular weight is 627 g/mol. The van der Waals surface area contributed by atoms with E-state index in [1.165, 1.54) is 38.5 Å². The van der Waals surface area contributed by atoms with Gasteiger partial charge in [-0.3, -0.25) is 14.4 Å². The molecule has 9 nitrogen and oxygen atoms in total. The van der Waals surface area contributed by atoms with Gasteiger partial charge >= 0.3 is 17.9 Å². The van der Waals surface area contributed by atoms with Crippen LogP contribution in [-0.2, 0) is 33.4 Å². The maximum Gasteiger partial charge on any atom is 0.330 e. The second-order valence-electron chi connectivity index (χ2n) is 15.3. The summed E-state index contributed by atoms with van der Waals surface area (Å²) < 4.78 is 16.5. The molecule has 0 saturated heterocycles. The van der Waals surface area contributed by atoms with Crippen LogP contribution in [0, 0.1) is 5.41 Å². The van der Waals surface area contributed by atoms with Crippen molar-refractivity contribution in [2.45, 2.75) is 188 Å². The summed E-state index contributed by atoms with van der Waals surface area (Å²) in [4.78, 5) is 50.2. The van der Waals surface area contributed by atoms with E-state index in [2.05, 4.69) is 5.32 Å². The van der Waals surface area contributed by atoms with E-state index in [0.29, 0.717) is 12.8 Å². The molecule has 0 aromatic rings. The highest BCUT2D eigenvalue weighted by Gasteiger charge is 2.46. The summed E-state index contributed by atoms with van der Waals surface area (Å²) in [6, 6.07) is -0.800. The van der Waals surface area contributed by atoms with Gasteiger partial charge in [0.25, 0.3) is 0 Å². The van der Waals surface area contributed by atoms with Gasteiger partial charge in [0, 0.05) is 13.0 Å². The zero-order chi connectivity index (χ0) is 34.0. The molecule has 0 spiro atoms. The van der Waals surface area contributed by atoms with Gasteiger partial charge in [0.05, 0.1) is 0 Å². The van der Waals surface area contributed by atoms with Crippen molar-refractivity contribution in [1.82, 2.24) is 5.32 Å². The highest BCUT2D eigenvalue weighted by molar-refractivity contribution is 5.99. The van der Waals surface area contributed by atoms with Crippen LogP contribution in [0.3, 0.4) is 0 Å². The lowest BCUT2D eigenvalue weighted by atomic mass is 9.84. The molecule has 1 unspecified atom stereocenters. The zero-order valence-electron chi connectivity index (χ0n) is 29.8. The molecule has 0 aromatic heterocycles. The number of rotatable bonds is 21. The van der Waals surface area contributed by atoms with E-state index < -0.39 is 46.2 Å². The minimum atomic E-state index is -1.30. The molecule has 9 heteroatoms. The predicted octanol–water partition coefficient (Wildman–Crippen LogP) is 7.31. The van der Waals surface area contributed by atoms with Crippen LogP contribution >= 0.6 is 0 Å². The highest BCUT2D eigenvalue weighted by atomic mass is 16.6. The van der Waals surface area contributed by atoms with Gasteiger partial charge < -0.3 is 25.3 Å². The van der Waals surface area contributed by atoms with Crippen LogP contribution in [-0.4, -0.2) is 53.2 Å². The Hall–Kier alpha value is -2.16. The van der Waals surface area contributed by atoms with E-state index in [1.807, 2.05) is 0 Å². The number of esters is 3.